The molecular formula is C12H21N3O. The first-order valence-electron chi connectivity index (χ1n) is 6.15. The number of aromatic nitrogens is 2. The van der Waals surface area contributed by atoms with Crippen molar-refractivity contribution >= 4 is 0 Å². The Bertz CT molecular complexity index is 416. The SMILES string of the molecule is CC(C)n1[nH]c(=O)c2c1CCC(CCN)C2. The molecule has 0 aromatic carbocycles. The Labute approximate surface area is 95.8 Å². The van der Waals surface area contributed by atoms with Crippen molar-refractivity contribution in [1.29, 1.82) is 0 Å². The zero-order valence-corrected chi connectivity index (χ0v) is 10.1. The van der Waals surface area contributed by atoms with Crippen molar-refractivity contribution in [2.45, 2.75) is 45.6 Å². The lowest BCUT2D eigenvalue weighted by Crippen LogP contribution is -2.21. The third-order valence-electron chi connectivity index (χ3n) is 3.51. The fourth-order valence-corrected chi connectivity index (χ4v) is 2.66. The molecule has 90 valence electrons. The molecule has 0 radical (unpaired) electrons. The molecule has 2 rings (SSSR count). The number of hydrogen-bond acceptors (Lipinski definition) is 2. The Hall–Kier alpha value is -1.03. The fraction of sp³-hybridized carbons (Fsp3) is 0.750. The lowest BCUT2D eigenvalue weighted by molar-refractivity contribution is 0.411. The van der Waals surface area contributed by atoms with E-state index < -0.39 is 0 Å². The minimum Gasteiger partial charge on any atom is -0.330 e. The molecule has 0 amide bonds. The van der Waals surface area contributed by atoms with Crippen LogP contribution in [0.4, 0.5) is 0 Å². The van der Waals surface area contributed by atoms with Gasteiger partial charge in [-0.15, -0.1) is 0 Å². The van der Waals surface area contributed by atoms with Gasteiger partial charge in [-0.2, -0.15) is 0 Å². The van der Waals surface area contributed by atoms with E-state index in [0.717, 1.165) is 37.8 Å². The maximum Gasteiger partial charge on any atom is 0.267 e. The van der Waals surface area contributed by atoms with Gasteiger partial charge in [0.1, 0.15) is 0 Å². The van der Waals surface area contributed by atoms with Gasteiger partial charge in [0, 0.05) is 17.3 Å². The lowest BCUT2D eigenvalue weighted by atomic mass is 9.85. The predicted molar refractivity (Wildman–Crippen MR) is 64.6 cm³/mol. The van der Waals surface area contributed by atoms with Gasteiger partial charge in [0.2, 0.25) is 0 Å². The monoisotopic (exact) mass is 223 g/mol. The molecule has 1 aliphatic carbocycles. The Balaban J connectivity index is 2.29. The van der Waals surface area contributed by atoms with Gasteiger partial charge in [-0.05, 0) is 52.0 Å². The minimum absolute atomic E-state index is 0.102. The molecule has 1 atom stereocenters. The largest absolute Gasteiger partial charge is 0.330 e. The number of H-pyrrole nitrogens is 1. The minimum atomic E-state index is 0.102. The van der Waals surface area contributed by atoms with Crippen LogP contribution in [0, 0.1) is 5.92 Å². The van der Waals surface area contributed by atoms with Crippen LogP contribution in [0.5, 0.6) is 0 Å². The molecule has 1 aliphatic rings. The van der Waals surface area contributed by atoms with Crippen molar-refractivity contribution in [2.24, 2.45) is 11.7 Å². The number of fused-ring (bicyclic) bond motifs is 1. The van der Waals surface area contributed by atoms with E-state index in [0.29, 0.717) is 12.0 Å². The van der Waals surface area contributed by atoms with Crippen LogP contribution in [0.25, 0.3) is 0 Å². The maximum atomic E-state index is 11.8. The Kier molecular flexibility index (Phi) is 3.19. The van der Waals surface area contributed by atoms with Crippen molar-refractivity contribution < 1.29 is 0 Å². The lowest BCUT2D eigenvalue weighted by Gasteiger charge is -2.23. The quantitative estimate of drug-likeness (QED) is 0.809. The first-order chi connectivity index (χ1) is 7.63. The van der Waals surface area contributed by atoms with Crippen LogP contribution in [-0.4, -0.2) is 16.3 Å². The van der Waals surface area contributed by atoms with Crippen molar-refractivity contribution in [3.63, 3.8) is 0 Å². The van der Waals surface area contributed by atoms with Gasteiger partial charge >= 0.3 is 0 Å². The standard InChI is InChI=1S/C12H21N3O/c1-8(2)15-11-4-3-9(5-6-13)7-10(11)12(16)14-15/h8-9H,3-7,13H2,1-2H3,(H,14,16). The molecule has 1 aromatic rings. The predicted octanol–water partition coefficient (Wildman–Crippen LogP) is 1.21. The van der Waals surface area contributed by atoms with Crippen LogP contribution in [-0.2, 0) is 12.8 Å². The van der Waals surface area contributed by atoms with Crippen LogP contribution in [0.2, 0.25) is 0 Å². The third-order valence-corrected chi connectivity index (χ3v) is 3.51. The van der Waals surface area contributed by atoms with Crippen LogP contribution in [0.15, 0.2) is 4.79 Å². The molecule has 4 nitrogen and oxygen atoms in total. The van der Waals surface area contributed by atoms with E-state index in [-0.39, 0.29) is 5.56 Å². The molecule has 1 heterocycles. The van der Waals surface area contributed by atoms with Crippen LogP contribution < -0.4 is 11.3 Å². The number of rotatable bonds is 3. The van der Waals surface area contributed by atoms with Crippen LogP contribution >= 0.6 is 0 Å². The first kappa shape index (κ1) is 11.5. The average Bonchev–Trinajstić information content (AvgIpc) is 2.57. The Morgan fingerprint density at radius 2 is 2.31 bits per heavy atom. The van der Waals surface area contributed by atoms with Gasteiger partial charge in [0.25, 0.3) is 5.56 Å². The van der Waals surface area contributed by atoms with Crippen LogP contribution in [0.1, 0.15) is 44.0 Å². The second-order valence-electron chi connectivity index (χ2n) is 5.02. The molecule has 4 heteroatoms. The summed E-state index contributed by atoms with van der Waals surface area (Å²) >= 11 is 0. The number of nitrogens with zero attached hydrogens (tertiary/aromatic N) is 1. The molecule has 1 unspecified atom stereocenters. The normalized spacial score (nSPS) is 20.1. The van der Waals surface area contributed by atoms with Gasteiger partial charge in [-0.1, -0.05) is 0 Å². The van der Waals surface area contributed by atoms with Crippen molar-refractivity contribution in [2.75, 3.05) is 6.54 Å². The summed E-state index contributed by atoms with van der Waals surface area (Å²) in [6, 6.07) is 0.336. The molecule has 3 N–H and O–H groups in total. The summed E-state index contributed by atoms with van der Waals surface area (Å²) in [6.45, 7) is 4.92. The van der Waals surface area contributed by atoms with E-state index >= 15 is 0 Å². The summed E-state index contributed by atoms with van der Waals surface area (Å²) in [4.78, 5) is 11.8. The zero-order chi connectivity index (χ0) is 11.7. The zero-order valence-electron chi connectivity index (χ0n) is 10.1. The van der Waals surface area contributed by atoms with Crippen molar-refractivity contribution in [3.05, 3.63) is 21.6 Å². The van der Waals surface area contributed by atoms with Gasteiger partial charge < -0.3 is 5.73 Å². The highest BCUT2D eigenvalue weighted by Crippen LogP contribution is 2.26. The summed E-state index contributed by atoms with van der Waals surface area (Å²) in [7, 11) is 0. The summed E-state index contributed by atoms with van der Waals surface area (Å²) in [5.41, 5.74) is 7.90. The highest BCUT2D eigenvalue weighted by Gasteiger charge is 2.24. The van der Waals surface area contributed by atoms with E-state index in [1.54, 1.807) is 0 Å². The van der Waals surface area contributed by atoms with Crippen molar-refractivity contribution in [1.82, 2.24) is 9.78 Å². The van der Waals surface area contributed by atoms with Gasteiger partial charge in [0.15, 0.2) is 0 Å². The van der Waals surface area contributed by atoms with Gasteiger partial charge in [-0.3, -0.25) is 14.6 Å². The van der Waals surface area contributed by atoms with E-state index in [1.807, 2.05) is 4.68 Å². The van der Waals surface area contributed by atoms with E-state index in [2.05, 4.69) is 18.9 Å². The Morgan fingerprint density at radius 1 is 1.56 bits per heavy atom. The third kappa shape index (κ3) is 1.94. The first-order valence-corrected chi connectivity index (χ1v) is 6.15. The van der Waals surface area contributed by atoms with E-state index in [1.165, 1.54) is 5.69 Å². The number of hydrogen-bond donors (Lipinski definition) is 2. The summed E-state index contributed by atoms with van der Waals surface area (Å²) in [6.07, 6.45) is 4.11. The molecule has 1 aromatic heterocycles. The average molecular weight is 223 g/mol. The second-order valence-corrected chi connectivity index (χ2v) is 5.02. The van der Waals surface area contributed by atoms with E-state index in [9.17, 15) is 4.79 Å². The molecule has 0 saturated carbocycles. The fourth-order valence-electron chi connectivity index (χ4n) is 2.66. The number of nitrogens with one attached hydrogen (secondary N) is 1. The Morgan fingerprint density at radius 3 is 2.94 bits per heavy atom. The maximum absolute atomic E-state index is 11.8. The van der Waals surface area contributed by atoms with Gasteiger partial charge in [-0.25, -0.2) is 0 Å². The van der Waals surface area contributed by atoms with Crippen molar-refractivity contribution in [3.8, 4) is 0 Å². The smallest absolute Gasteiger partial charge is 0.267 e. The molecule has 0 spiro atoms. The second kappa shape index (κ2) is 4.45. The summed E-state index contributed by atoms with van der Waals surface area (Å²) < 4.78 is 2.02. The van der Waals surface area contributed by atoms with E-state index in [4.69, 9.17) is 5.73 Å². The number of aromatic amines is 1. The molecule has 0 saturated heterocycles. The highest BCUT2D eigenvalue weighted by atomic mass is 16.1. The van der Waals surface area contributed by atoms with Gasteiger partial charge in [0.05, 0.1) is 0 Å². The highest BCUT2D eigenvalue weighted by molar-refractivity contribution is 5.22. The molecule has 0 fully saturated rings. The summed E-state index contributed by atoms with van der Waals surface area (Å²) in [5.74, 6) is 0.599. The number of nitrogens with two attached hydrogens (primary N) is 1. The summed E-state index contributed by atoms with van der Waals surface area (Å²) in [5, 5.41) is 2.95. The topological polar surface area (TPSA) is 63.8 Å². The molecular weight excluding hydrogens is 202 g/mol. The molecule has 0 bridgehead atoms. The molecule has 0 aliphatic heterocycles. The molecule has 16 heavy (non-hydrogen) atoms. The van der Waals surface area contributed by atoms with Crippen LogP contribution in [0.3, 0.4) is 0 Å².